The van der Waals surface area contributed by atoms with Crippen molar-refractivity contribution in [1.29, 1.82) is 0 Å². The van der Waals surface area contributed by atoms with Gasteiger partial charge in [0.15, 0.2) is 0 Å². The molecule has 25 heavy (non-hydrogen) atoms. The molecule has 0 radical (unpaired) electrons. The van der Waals surface area contributed by atoms with Crippen molar-refractivity contribution in [1.82, 2.24) is 10.1 Å². The van der Waals surface area contributed by atoms with E-state index in [1.54, 1.807) is 0 Å². The number of fused-ring (bicyclic) bond motifs is 2. The summed E-state index contributed by atoms with van der Waals surface area (Å²) >= 11 is 0. The highest BCUT2D eigenvalue weighted by Gasteiger charge is 2.60. The van der Waals surface area contributed by atoms with Gasteiger partial charge in [0.1, 0.15) is 5.76 Å². The van der Waals surface area contributed by atoms with Gasteiger partial charge in [-0.2, -0.15) is 0 Å². The Morgan fingerprint density at radius 3 is 2.88 bits per heavy atom. The number of hydrogen-bond donors (Lipinski definition) is 0. The predicted octanol–water partition coefficient (Wildman–Crippen LogP) is 3.96. The average molecular weight is 340 g/mol. The molecule has 0 bridgehead atoms. The highest BCUT2D eigenvalue weighted by Crippen LogP contribution is 2.57. The topological polar surface area (TPSA) is 46.3 Å². The van der Waals surface area contributed by atoms with Gasteiger partial charge in [-0.1, -0.05) is 50.2 Å². The predicted molar refractivity (Wildman–Crippen MR) is 97.0 cm³/mol. The van der Waals surface area contributed by atoms with Gasteiger partial charge >= 0.3 is 0 Å². The number of carbonyl (C=O) groups excluding carboxylic acids is 1. The standard InChI is InChI=1S/C21H28N2O2/c1-4-10-23-11-9-18-15(3)19-16(13-22-25-19)12-21(18,20(23)24)17-8-6-5-7-14(17)2/h5-8,13-15,17-18H,4,9-12H2,1-3H3/t14?,15-,17?,18-,21+/m0/s1. The summed E-state index contributed by atoms with van der Waals surface area (Å²) in [7, 11) is 0. The molecule has 2 heterocycles. The Bertz CT molecular complexity index is 719. The van der Waals surface area contributed by atoms with Crippen LogP contribution >= 0.6 is 0 Å². The lowest BCUT2D eigenvalue weighted by atomic mass is 9.51. The number of aromatic nitrogens is 1. The number of hydrogen-bond acceptors (Lipinski definition) is 3. The van der Waals surface area contributed by atoms with E-state index < -0.39 is 0 Å². The second kappa shape index (κ2) is 6.15. The molecule has 1 aliphatic heterocycles. The van der Waals surface area contributed by atoms with Gasteiger partial charge in [-0.25, -0.2) is 0 Å². The van der Waals surface area contributed by atoms with Crippen molar-refractivity contribution in [2.45, 2.75) is 46.0 Å². The van der Waals surface area contributed by atoms with Crippen LogP contribution in [0, 0.1) is 23.2 Å². The van der Waals surface area contributed by atoms with E-state index in [4.69, 9.17) is 4.52 Å². The highest BCUT2D eigenvalue weighted by molar-refractivity contribution is 5.86. The van der Waals surface area contributed by atoms with Crippen LogP contribution in [0.4, 0.5) is 0 Å². The van der Waals surface area contributed by atoms with Crippen LogP contribution in [-0.4, -0.2) is 29.1 Å². The SMILES string of the molecule is CCCN1CC[C@H]2[C@H](C)c3oncc3C[C@]2(C2C=CC=CC2C)C1=O. The summed E-state index contributed by atoms with van der Waals surface area (Å²) in [6, 6.07) is 0. The number of amides is 1. The molecule has 134 valence electrons. The van der Waals surface area contributed by atoms with Gasteiger partial charge in [-0.15, -0.1) is 0 Å². The first-order valence-electron chi connectivity index (χ1n) is 9.67. The van der Waals surface area contributed by atoms with Crippen LogP contribution in [-0.2, 0) is 11.2 Å². The van der Waals surface area contributed by atoms with Crippen LogP contribution < -0.4 is 0 Å². The molecule has 0 N–H and O–H groups in total. The first kappa shape index (κ1) is 16.6. The number of piperidine rings is 1. The minimum Gasteiger partial charge on any atom is -0.361 e. The normalized spacial score (nSPS) is 37.1. The molecular formula is C21H28N2O2. The van der Waals surface area contributed by atoms with Gasteiger partial charge in [0.2, 0.25) is 5.91 Å². The lowest BCUT2D eigenvalue weighted by Gasteiger charge is -2.55. The smallest absolute Gasteiger partial charge is 0.230 e. The Morgan fingerprint density at radius 1 is 1.32 bits per heavy atom. The van der Waals surface area contributed by atoms with E-state index in [-0.39, 0.29) is 17.3 Å². The monoisotopic (exact) mass is 340 g/mol. The molecule has 2 aliphatic carbocycles. The molecule has 4 nitrogen and oxygen atoms in total. The third kappa shape index (κ3) is 2.33. The summed E-state index contributed by atoms with van der Waals surface area (Å²) in [5.41, 5.74) is 0.761. The average Bonchev–Trinajstić information content (AvgIpc) is 3.07. The second-order valence-corrected chi connectivity index (χ2v) is 8.06. The van der Waals surface area contributed by atoms with Crippen molar-refractivity contribution in [3.8, 4) is 0 Å². The molecular weight excluding hydrogens is 312 g/mol. The molecule has 0 saturated carbocycles. The molecule has 1 saturated heterocycles. The molecule has 1 aromatic heterocycles. The Morgan fingerprint density at radius 2 is 2.12 bits per heavy atom. The van der Waals surface area contributed by atoms with Gasteiger partial charge in [0.25, 0.3) is 0 Å². The van der Waals surface area contributed by atoms with E-state index in [1.807, 2.05) is 6.20 Å². The van der Waals surface area contributed by atoms with Crippen LogP contribution in [0.3, 0.4) is 0 Å². The van der Waals surface area contributed by atoms with Crippen molar-refractivity contribution in [3.05, 3.63) is 41.8 Å². The first-order valence-corrected chi connectivity index (χ1v) is 9.67. The first-order chi connectivity index (χ1) is 12.1. The summed E-state index contributed by atoms with van der Waals surface area (Å²) in [5, 5.41) is 4.06. The van der Waals surface area contributed by atoms with Gasteiger partial charge in [-0.3, -0.25) is 4.79 Å². The molecule has 1 amide bonds. The van der Waals surface area contributed by atoms with Crippen molar-refractivity contribution < 1.29 is 9.32 Å². The quantitative estimate of drug-likeness (QED) is 0.837. The zero-order valence-corrected chi connectivity index (χ0v) is 15.4. The van der Waals surface area contributed by atoms with Crippen LogP contribution in [0.5, 0.6) is 0 Å². The zero-order valence-electron chi connectivity index (χ0n) is 15.4. The number of rotatable bonds is 3. The molecule has 4 heteroatoms. The Labute approximate surface area is 149 Å². The minimum atomic E-state index is -0.369. The molecule has 2 unspecified atom stereocenters. The lowest BCUT2D eigenvalue weighted by Crippen LogP contribution is -2.61. The van der Waals surface area contributed by atoms with Crippen molar-refractivity contribution >= 4 is 5.91 Å². The van der Waals surface area contributed by atoms with Crippen LogP contribution in [0.25, 0.3) is 0 Å². The Balaban J connectivity index is 1.84. The third-order valence-electron chi connectivity index (χ3n) is 6.73. The van der Waals surface area contributed by atoms with E-state index in [0.717, 1.165) is 43.7 Å². The van der Waals surface area contributed by atoms with Crippen LogP contribution in [0.1, 0.15) is 50.9 Å². The lowest BCUT2D eigenvalue weighted by molar-refractivity contribution is -0.159. The highest BCUT2D eigenvalue weighted by atomic mass is 16.5. The van der Waals surface area contributed by atoms with Crippen molar-refractivity contribution in [2.24, 2.45) is 23.2 Å². The van der Waals surface area contributed by atoms with Crippen LogP contribution in [0.15, 0.2) is 35.0 Å². The van der Waals surface area contributed by atoms with Crippen LogP contribution in [0.2, 0.25) is 0 Å². The van der Waals surface area contributed by atoms with E-state index in [2.05, 4.69) is 55.1 Å². The fourth-order valence-electron chi connectivity index (χ4n) is 5.63. The molecule has 0 spiro atoms. The Hall–Kier alpha value is -1.84. The van der Waals surface area contributed by atoms with Gasteiger partial charge in [0, 0.05) is 24.6 Å². The summed E-state index contributed by atoms with van der Waals surface area (Å²) in [6.07, 6.45) is 13.4. The fraction of sp³-hybridized carbons (Fsp3) is 0.619. The molecule has 3 aliphatic rings. The molecule has 1 fully saturated rings. The summed E-state index contributed by atoms with van der Waals surface area (Å²) < 4.78 is 5.58. The van der Waals surface area contributed by atoms with Crippen molar-refractivity contribution in [3.63, 3.8) is 0 Å². The summed E-state index contributed by atoms with van der Waals surface area (Å²) in [5.74, 6) is 2.51. The maximum Gasteiger partial charge on any atom is 0.230 e. The van der Waals surface area contributed by atoms with E-state index >= 15 is 0 Å². The Kier molecular flexibility index (Phi) is 4.09. The van der Waals surface area contributed by atoms with E-state index in [9.17, 15) is 4.79 Å². The molecule has 4 rings (SSSR count). The maximum absolute atomic E-state index is 13.8. The number of allylic oxidation sites excluding steroid dienone is 4. The minimum absolute atomic E-state index is 0.236. The van der Waals surface area contributed by atoms with Crippen molar-refractivity contribution in [2.75, 3.05) is 13.1 Å². The van der Waals surface area contributed by atoms with Gasteiger partial charge in [0.05, 0.1) is 11.6 Å². The third-order valence-corrected chi connectivity index (χ3v) is 6.73. The number of nitrogens with zero attached hydrogens (tertiary/aromatic N) is 2. The van der Waals surface area contributed by atoms with Gasteiger partial charge in [-0.05, 0) is 37.0 Å². The van der Waals surface area contributed by atoms with Gasteiger partial charge < -0.3 is 9.42 Å². The maximum atomic E-state index is 13.8. The molecule has 1 aromatic rings. The molecule has 5 atom stereocenters. The van der Waals surface area contributed by atoms with E-state index in [1.165, 1.54) is 0 Å². The fourth-order valence-corrected chi connectivity index (χ4v) is 5.63. The summed E-state index contributed by atoms with van der Waals surface area (Å²) in [4.78, 5) is 15.9. The van der Waals surface area contributed by atoms with E-state index in [0.29, 0.717) is 17.7 Å². The zero-order chi connectivity index (χ0) is 17.6. The summed E-state index contributed by atoms with van der Waals surface area (Å²) in [6.45, 7) is 8.35. The second-order valence-electron chi connectivity index (χ2n) is 8.06. The number of likely N-dealkylation sites (tertiary alicyclic amines) is 1. The molecule has 0 aromatic carbocycles. The number of carbonyl (C=O) groups is 1. The largest absolute Gasteiger partial charge is 0.361 e.